The van der Waals surface area contributed by atoms with Gasteiger partial charge in [-0.3, -0.25) is 4.90 Å². The molecule has 0 aliphatic heterocycles. The van der Waals surface area contributed by atoms with Crippen LogP contribution in [0.2, 0.25) is 0 Å². The van der Waals surface area contributed by atoms with Crippen molar-refractivity contribution in [3.05, 3.63) is 33.4 Å². The van der Waals surface area contributed by atoms with E-state index in [1.54, 1.807) is 22.6 Å². The van der Waals surface area contributed by atoms with E-state index in [0.29, 0.717) is 37.9 Å². The maximum Gasteiger partial charge on any atom is 0.427 e. The Bertz CT molecular complexity index is 1150. The van der Waals surface area contributed by atoms with Crippen molar-refractivity contribution in [1.29, 1.82) is 0 Å². The molecule has 0 radical (unpaired) electrons. The zero-order chi connectivity index (χ0) is 26.7. The molecule has 2 fully saturated rings. The number of hydrogen-bond acceptors (Lipinski definition) is 6. The molecule has 0 spiro atoms. The average Bonchev–Trinajstić information content (AvgIpc) is 3.47. The van der Waals surface area contributed by atoms with Gasteiger partial charge in [-0.15, -0.1) is 0 Å². The van der Waals surface area contributed by atoms with Crippen LogP contribution >= 0.6 is 22.6 Å². The van der Waals surface area contributed by atoms with Crippen LogP contribution in [-0.2, 0) is 15.8 Å². The number of hydrogen-bond donors (Lipinski definition) is 0. The number of anilines is 1. The second-order valence-electron chi connectivity index (χ2n) is 10.8. The van der Waals surface area contributed by atoms with E-state index in [1.165, 1.54) is 19.9 Å². The van der Waals surface area contributed by atoms with Gasteiger partial charge in [-0.05, 0) is 93.9 Å². The molecule has 0 saturated heterocycles. The van der Waals surface area contributed by atoms with Crippen molar-refractivity contribution < 1.29 is 36.0 Å². The summed E-state index contributed by atoms with van der Waals surface area (Å²) in [4.78, 5) is 22.4. The van der Waals surface area contributed by atoms with Crippen molar-refractivity contribution in [3.8, 4) is 0 Å². The van der Waals surface area contributed by atoms with Gasteiger partial charge in [0.15, 0.2) is 17.3 Å². The van der Waals surface area contributed by atoms with Gasteiger partial charge in [-0.25, -0.2) is 18.6 Å². The molecule has 2 aliphatic rings. The molecule has 0 unspecified atom stereocenters. The van der Waals surface area contributed by atoms with Gasteiger partial charge in [0, 0.05) is 12.0 Å². The molecule has 198 valence electrons. The van der Waals surface area contributed by atoms with Crippen molar-refractivity contribution in [1.82, 2.24) is 15.1 Å². The standard InChI is InChI=1S/C23H26F5IN4O3/c1-19(2,25)17-31-16(32-36-17)22-7-5-21(11-22,6-8-22)12-33(15-9-14(29)13(24)10-30-15)18(34)35-20(3,4)23(26,27)28/h9-10H,5-8,11-12H2,1-4H3. The molecule has 2 bridgehead atoms. The number of pyridine rings is 1. The predicted octanol–water partition coefficient (Wildman–Crippen LogP) is 6.60. The highest BCUT2D eigenvalue weighted by Crippen LogP contribution is 2.62. The highest BCUT2D eigenvalue weighted by atomic mass is 127. The molecule has 1 amide bonds. The molecule has 0 atom stereocenters. The number of aromatic nitrogens is 3. The Labute approximate surface area is 218 Å². The topological polar surface area (TPSA) is 81.4 Å². The van der Waals surface area contributed by atoms with E-state index in [9.17, 15) is 26.7 Å². The molecule has 0 N–H and O–H groups in total. The third-order valence-corrected chi connectivity index (χ3v) is 8.03. The van der Waals surface area contributed by atoms with Gasteiger partial charge >= 0.3 is 12.3 Å². The van der Waals surface area contributed by atoms with E-state index in [1.807, 2.05) is 0 Å². The summed E-state index contributed by atoms with van der Waals surface area (Å²) in [5.74, 6) is -0.361. The number of rotatable bonds is 6. The molecule has 2 heterocycles. The number of amides is 1. The van der Waals surface area contributed by atoms with E-state index in [0.717, 1.165) is 24.9 Å². The van der Waals surface area contributed by atoms with Gasteiger partial charge in [0.2, 0.25) is 5.60 Å². The Morgan fingerprint density at radius 3 is 2.33 bits per heavy atom. The lowest BCUT2D eigenvalue weighted by atomic mass is 9.81. The Kier molecular flexibility index (Phi) is 6.57. The summed E-state index contributed by atoms with van der Waals surface area (Å²) in [6, 6.07) is 1.29. The second kappa shape index (κ2) is 8.76. The lowest BCUT2D eigenvalue weighted by molar-refractivity contribution is -0.243. The lowest BCUT2D eigenvalue weighted by Crippen LogP contribution is -2.49. The Hall–Kier alpha value is -2.06. The first kappa shape index (κ1) is 27.0. The first-order valence-electron chi connectivity index (χ1n) is 11.4. The first-order chi connectivity index (χ1) is 16.5. The van der Waals surface area contributed by atoms with Gasteiger partial charge in [0.25, 0.3) is 5.89 Å². The highest BCUT2D eigenvalue weighted by molar-refractivity contribution is 14.1. The maximum atomic E-state index is 14.3. The summed E-state index contributed by atoms with van der Waals surface area (Å²) in [5, 5.41) is 4.02. The van der Waals surface area contributed by atoms with E-state index < -0.39 is 40.2 Å². The minimum Gasteiger partial charge on any atom is -0.433 e. The number of halogens is 6. The highest BCUT2D eigenvalue weighted by Gasteiger charge is 2.59. The van der Waals surface area contributed by atoms with Crippen molar-refractivity contribution >= 4 is 34.5 Å². The van der Waals surface area contributed by atoms with Gasteiger partial charge in [0.1, 0.15) is 5.82 Å². The number of nitrogens with zero attached hydrogens (tertiary/aromatic N) is 4. The molecule has 2 aromatic heterocycles. The molecule has 2 saturated carbocycles. The van der Waals surface area contributed by atoms with Crippen LogP contribution in [0.25, 0.3) is 0 Å². The quantitative estimate of drug-likeness (QED) is 0.265. The van der Waals surface area contributed by atoms with Gasteiger partial charge in [0.05, 0.1) is 9.77 Å². The minimum atomic E-state index is -4.80. The zero-order valence-electron chi connectivity index (χ0n) is 20.2. The average molecular weight is 628 g/mol. The molecular weight excluding hydrogens is 602 g/mol. The Morgan fingerprint density at radius 2 is 1.81 bits per heavy atom. The SMILES string of the molecule is CC(C)(F)c1nc(C23CCC(CN(C(=O)OC(C)(C)C(F)(F)F)c4cc(I)c(F)cn4)(CC2)C3)no1. The third-order valence-electron chi connectivity index (χ3n) is 7.20. The van der Waals surface area contributed by atoms with Crippen molar-refractivity contribution in [3.63, 3.8) is 0 Å². The van der Waals surface area contributed by atoms with Crippen LogP contribution in [0.1, 0.15) is 71.5 Å². The summed E-state index contributed by atoms with van der Waals surface area (Å²) < 4.78 is 78.7. The number of carbonyl (C=O) groups is 1. The minimum absolute atomic E-state index is 0.00947. The smallest absolute Gasteiger partial charge is 0.427 e. The molecular formula is C23H26F5IN4O3. The number of carbonyl (C=O) groups excluding carboxylic acids is 1. The zero-order valence-corrected chi connectivity index (χ0v) is 22.3. The van der Waals surface area contributed by atoms with Crippen molar-refractivity contribution in [2.75, 3.05) is 11.4 Å². The van der Waals surface area contributed by atoms with E-state index in [-0.39, 0.29) is 21.8 Å². The van der Waals surface area contributed by atoms with Gasteiger partial charge in [-0.2, -0.15) is 18.2 Å². The molecule has 2 aliphatic carbocycles. The number of fused-ring (bicyclic) bond motifs is 2. The fraction of sp³-hybridized carbons (Fsp3) is 0.652. The Morgan fingerprint density at radius 1 is 1.17 bits per heavy atom. The van der Waals surface area contributed by atoms with Crippen LogP contribution < -0.4 is 4.90 Å². The van der Waals surface area contributed by atoms with E-state index >= 15 is 0 Å². The van der Waals surface area contributed by atoms with Crippen LogP contribution in [0.4, 0.5) is 32.6 Å². The number of ether oxygens (including phenoxy) is 1. The summed E-state index contributed by atoms with van der Waals surface area (Å²) in [6.07, 6.45) is -2.05. The number of alkyl halides is 4. The largest absolute Gasteiger partial charge is 0.433 e. The van der Waals surface area contributed by atoms with Crippen LogP contribution in [0.15, 0.2) is 16.8 Å². The maximum absolute atomic E-state index is 14.3. The summed E-state index contributed by atoms with van der Waals surface area (Å²) >= 11 is 1.72. The van der Waals surface area contributed by atoms with Crippen LogP contribution in [0, 0.1) is 14.8 Å². The third kappa shape index (κ3) is 4.91. The molecule has 13 heteroatoms. The van der Waals surface area contributed by atoms with Gasteiger partial charge in [-0.1, -0.05) is 5.16 Å². The van der Waals surface area contributed by atoms with Crippen molar-refractivity contribution in [2.24, 2.45) is 5.41 Å². The molecule has 4 rings (SSSR count). The molecule has 7 nitrogen and oxygen atoms in total. The second-order valence-corrected chi connectivity index (χ2v) is 11.9. The van der Waals surface area contributed by atoms with Crippen LogP contribution in [-0.4, -0.2) is 39.5 Å². The molecule has 36 heavy (non-hydrogen) atoms. The molecule has 0 aromatic carbocycles. The Balaban J connectivity index is 1.62. The fourth-order valence-electron chi connectivity index (χ4n) is 4.98. The fourth-order valence-corrected chi connectivity index (χ4v) is 5.40. The predicted molar refractivity (Wildman–Crippen MR) is 127 cm³/mol. The van der Waals surface area contributed by atoms with Gasteiger partial charge < -0.3 is 9.26 Å². The van der Waals surface area contributed by atoms with Crippen molar-refractivity contribution in [2.45, 2.75) is 82.7 Å². The lowest BCUT2D eigenvalue weighted by Gasteiger charge is -2.35. The summed E-state index contributed by atoms with van der Waals surface area (Å²) in [6.45, 7) is 4.17. The van der Waals surface area contributed by atoms with Crippen LogP contribution in [0.5, 0.6) is 0 Å². The first-order valence-corrected chi connectivity index (χ1v) is 12.5. The normalized spacial score (nSPS) is 24.3. The monoisotopic (exact) mass is 628 g/mol. The molecule has 2 aromatic rings. The summed E-state index contributed by atoms with van der Waals surface area (Å²) in [7, 11) is 0. The summed E-state index contributed by atoms with van der Waals surface area (Å²) in [5.41, 5.74) is -5.52. The van der Waals surface area contributed by atoms with E-state index in [4.69, 9.17) is 9.26 Å². The van der Waals surface area contributed by atoms with E-state index in [2.05, 4.69) is 15.1 Å². The van der Waals surface area contributed by atoms with Crippen LogP contribution in [0.3, 0.4) is 0 Å².